The zero-order chi connectivity index (χ0) is 15.5. The molecule has 1 saturated heterocycles. The van der Waals surface area contributed by atoms with Gasteiger partial charge in [-0.15, -0.1) is 0 Å². The standard InChI is InChI=1S/C16H24N2O3/c1-15(2,3)21-14(19)18-13(16(17)10-20-11-16)9-12-7-5-4-6-8-12/h4-8,13H,9-11,17H2,1-3H3,(H,18,19)/t13-/m1/s1. The molecule has 0 bridgehead atoms. The molecule has 0 aliphatic carbocycles. The van der Waals surface area contributed by atoms with Crippen LogP contribution in [0.4, 0.5) is 4.79 Å². The van der Waals surface area contributed by atoms with E-state index in [1.54, 1.807) is 0 Å². The van der Waals surface area contributed by atoms with Gasteiger partial charge in [0, 0.05) is 0 Å². The number of alkyl carbamates (subject to hydrolysis) is 1. The summed E-state index contributed by atoms with van der Waals surface area (Å²) in [5.74, 6) is 0. The van der Waals surface area contributed by atoms with Gasteiger partial charge in [-0.2, -0.15) is 0 Å². The van der Waals surface area contributed by atoms with Crippen LogP contribution in [-0.2, 0) is 15.9 Å². The molecule has 0 unspecified atom stereocenters. The number of carbonyl (C=O) groups excluding carboxylic acids is 1. The third-order valence-electron chi connectivity index (χ3n) is 3.41. The molecule has 0 radical (unpaired) electrons. The molecule has 1 aliphatic rings. The fraction of sp³-hybridized carbons (Fsp3) is 0.562. The van der Waals surface area contributed by atoms with Gasteiger partial charge in [0.15, 0.2) is 0 Å². The highest BCUT2D eigenvalue weighted by atomic mass is 16.6. The molecule has 0 saturated carbocycles. The van der Waals surface area contributed by atoms with Crippen LogP contribution in [0.5, 0.6) is 0 Å². The van der Waals surface area contributed by atoms with Crippen LogP contribution in [0.2, 0.25) is 0 Å². The minimum absolute atomic E-state index is 0.219. The second-order valence-electron chi connectivity index (χ2n) is 6.61. The number of benzene rings is 1. The number of nitrogens with two attached hydrogens (primary N) is 1. The van der Waals surface area contributed by atoms with Crippen molar-refractivity contribution in [3.8, 4) is 0 Å². The molecule has 1 amide bonds. The summed E-state index contributed by atoms with van der Waals surface area (Å²) < 4.78 is 10.5. The van der Waals surface area contributed by atoms with Crippen molar-refractivity contribution < 1.29 is 14.3 Å². The Morgan fingerprint density at radius 1 is 1.38 bits per heavy atom. The number of carbonyl (C=O) groups is 1. The monoisotopic (exact) mass is 292 g/mol. The smallest absolute Gasteiger partial charge is 0.407 e. The number of nitrogens with one attached hydrogen (secondary N) is 1. The van der Waals surface area contributed by atoms with Gasteiger partial charge in [0.05, 0.1) is 24.8 Å². The maximum Gasteiger partial charge on any atom is 0.407 e. The van der Waals surface area contributed by atoms with E-state index in [4.69, 9.17) is 15.2 Å². The van der Waals surface area contributed by atoms with Crippen LogP contribution in [0.3, 0.4) is 0 Å². The van der Waals surface area contributed by atoms with E-state index < -0.39 is 17.2 Å². The second-order valence-corrected chi connectivity index (χ2v) is 6.61. The number of hydrogen-bond donors (Lipinski definition) is 2. The Labute approximate surface area is 125 Å². The minimum Gasteiger partial charge on any atom is -0.444 e. The van der Waals surface area contributed by atoms with E-state index in [0.29, 0.717) is 19.6 Å². The summed E-state index contributed by atoms with van der Waals surface area (Å²) in [5, 5.41) is 2.90. The van der Waals surface area contributed by atoms with Gasteiger partial charge >= 0.3 is 6.09 Å². The van der Waals surface area contributed by atoms with E-state index in [-0.39, 0.29) is 6.04 Å². The third-order valence-corrected chi connectivity index (χ3v) is 3.41. The van der Waals surface area contributed by atoms with Crippen molar-refractivity contribution >= 4 is 6.09 Å². The molecule has 0 spiro atoms. The molecule has 1 atom stereocenters. The van der Waals surface area contributed by atoms with Gasteiger partial charge in [-0.25, -0.2) is 4.79 Å². The van der Waals surface area contributed by atoms with Crippen LogP contribution in [0.25, 0.3) is 0 Å². The summed E-state index contributed by atoms with van der Waals surface area (Å²) in [4.78, 5) is 12.0. The molecule has 1 aromatic rings. The molecule has 0 aromatic heterocycles. The van der Waals surface area contributed by atoms with Gasteiger partial charge in [-0.1, -0.05) is 30.3 Å². The second kappa shape index (κ2) is 6.03. The van der Waals surface area contributed by atoms with Crippen LogP contribution in [0.1, 0.15) is 26.3 Å². The lowest BCUT2D eigenvalue weighted by Crippen LogP contribution is -2.70. The maximum atomic E-state index is 12.0. The van der Waals surface area contributed by atoms with Gasteiger partial charge in [-0.3, -0.25) is 0 Å². The zero-order valence-corrected chi connectivity index (χ0v) is 12.9. The van der Waals surface area contributed by atoms with Crippen molar-refractivity contribution in [3.63, 3.8) is 0 Å². The first-order chi connectivity index (χ1) is 9.78. The van der Waals surface area contributed by atoms with Crippen LogP contribution in [0.15, 0.2) is 30.3 Å². The lowest BCUT2D eigenvalue weighted by atomic mass is 9.85. The van der Waals surface area contributed by atoms with E-state index >= 15 is 0 Å². The minimum atomic E-state index is -0.535. The predicted octanol–water partition coefficient (Wildman–Crippen LogP) is 1.85. The number of ether oxygens (including phenoxy) is 2. The molecule has 21 heavy (non-hydrogen) atoms. The Kier molecular flexibility index (Phi) is 4.54. The predicted molar refractivity (Wildman–Crippen MR) is 81.0 cm³/mol. The Balaban J connectivity index is 2.05. The van der Waals surface area contributed by atoms with Crippen molar-refractivity contribution in [2.75, 3.05) is 13.2 Å². The van der Waals surface area contributed by atoms with E-state index in [2.05, 4.69) is 5.32 Å². The van der Waals surface area contributed by atoms with Crippen LogP contribution >= 0.6 is 0 Å². The summed E-state index contributed by atoms with van der Waals surface area (Å²) >= 11 is 0. The molecule has 5 nitrogen and oxygen atoms in total. The molecule has 1 aliphatic heterocycles. The van der Waals surface area contributed by atoms with Crippen molar-refractivity contribution in [3.05, 3.63) is 35.9 Å². The largest absolute Gasteiger partial charge is 0.444 e. The molecular formula is C16H24N2O3. The van der Waals surface area contributed by atoms with Gasteiger partial charge in [0.25, 0.3) is 0 Å². The molecule has 3 N–H and O–H groups in total. The first-order valence-corrected chi connectivity index (χ1v) is 7.19. The quantitative estimate of drug-likeness (QED) is 0.888. The number of amides is 1. The van der Waals surface area contributed by atoms with Gasteiger partial charge in [0.1, 0.15) is 5.60 Å². The highest BCUT2D eigenvalue weighted by Gasteiger charge is 2.43. The maximum absolute atomic E-state index is 12.0. The molecule has 5 heteroatoms. The number of rotatable bonds is 4. The van der Waals surface area contributed by atoms with Crippen molar-refractivity contribution in [1.82, 2.24) is 5.32 Å². The summed E-state index contributed by atoms with van der Waals surface area (Å²) in [7, 11) is 0. The first-order valence-electron chi connectivity index (χ1n) is 7.19. The van der Waals surface area contributed by atoms with Gasteiger partial charge in [-0.05, 0) is 32.8 Å². The fourth-order valence-corrected chi connectivity index (χ4v) is 2.24. The van der Waals surface area contributed by atoms with E-state index in [1.807, 2.05) is 51.1 Å². The van der Waals surface area contributed by atoms with Crippen molar-refractivity contribution in [1.29, 1.82) is 0 Å². The fourth-order valence-electron chi connectivity index (χ4n) is 2.24. The van der Waals surface area contributed by atoms with Gasteiger partial charge < -0.3 is 20.5 Å². The molecule has 1 heterocycles. The van der Waals surface area contributed by atoms with Crippen LogP contribution in [0, 0.1) is 0 Å². The Bertz CT molecular complexity index is 478. The van der Waals surface area contributed by atoms with Crippen LogP contribution in [-0.4, -0.2) is 36.5 Å². The summed E-state index contributed by atoms with van der Waals surface area (Å²) in [6.07, 6.45) is 0.208. The van der Waals surface area contributed by atoms with Gasteiger partial charge in [0.2, 0.25) is 0 Å². The first kappa shape index (κ1) is 15.8. The molecule has 116 valence electrons. The summed E-state index contributed by atoms with van der Waals surface area (Å²) in [6.45, 7) is 6.40. The SMILES string of the molecule is CC(C)(C)OC(=O)N[C@H](Cc1ccccc1)C1(N)COC1. The highest BCUT2D eigenvalue weighted by Crippen LogP contribution is 2.22. The molecule has 1 aromatic carbocycles. The lowest BCUT2D eigenvalue weighted by molar-refractivity contribution is -0.0719. The van der Waals surface area contributed by atoms with E-state index in [9.17, 15) is 4.79 Å². The van der Waals surface area contributed by atoms with Crippen LogP contribution < -0.4 is 11.1 Å². The highest BCUT2D eigenvalue weighted by molar-refractivity contribution is 5.68. The normalized spacial score (nSPS) is 18.5. The Morgan fingerprint density at radius 3 is 2.48 bits per heavy atom. The molecular weight excluding hydrogens is 268 g/mol. The molecule has 1 fully saturated rings. The van der Waals surface area contributed by atoms with E-state index in [0.717, 1.165) is 5.56 Å². The molecule has 2 rings (SSSR count). The average Bonchev–Trinajstić information content (AvgIpc) is 2.34. The zero-order valence-electron chi connectivity index (χ0n) is 12.9. The van der Waals surface area contributed by atoms with E-state index in [1.165, 1.54) is 0 Å². The topological polar surface area (TPSA) is 73.6 Å². The van der Waals surface area contributed by atoms with Crippen molar-refractivity contribution in [2.45, 2.75) is 44.4 Å². The number of hydrogen-bond acceptors (Lipinski definition) is 4. The van der Waals surface area contributed by atoms with Crippen molar-refractivity contribution in [2.24, 2.45) is 5.73 Å². The third kappa shape index (κ3) is 4.44. The lowest BCUT2D eigenvalue weighted by Gasteiger charge is -2.44. The Hall–Kier alpha value is -1.59. The average molecular weight is 292 g/mol. The Morgan fingerprint density at radius 2 is 2.00 bits per heavy atom. The summed E-state index contributed by atoms with van der Waals surface area (Å²) in [6, 6.07) is 9.73. The summed E-state index contributed by atoms with van der Waals surface area (Å²) in [5.41, 5.74) is 6.37.